The van der Waals surface area contributed by atoms with Gasteiger partial charge in [-0.3, -0.25) is 19.2 Å². The van der Waals surface area contributed by atoms with Crippen molar-refractivity contribution in [2.75, 3.05) is 26.2 Å². The van der Waals surface area contributed by atoms with Crippen molar-refractivity contribution in [1.29, 1.82) is 0 Å². The van der Waals surface area contributed by atoms with Gasteiger partial charge in [-0.15, -0.1) is 11.3 Å². The van der Waals surface area contributed by atoms with E-state index in [4.69, 9.17) is 4.74 Å². The predicted molar refractivity (Wildman–Crippen MR) is 105 cm³/mol. The molecule has 2 N–H and O–H groups in total. The van der Waals surface area contributed by atoms with Gasteiger partial charge in [-0.2, -0.15) is 0 Å². The molecule has 0 aliphatic carbocycles. The summed E-state index contributed by atoms with van der Waals surface area (Å²) in [6.45, 7) is 4.60. The van der Waals surface area contributed by atoms with Crippen molar-refractivity contribution in [1.82, 2.24) is 15.5 Å². The molecule has 0 unspecified atom stereocenters. The van der Waals surface area contributed by atoms with Crippen molar-refractivity contribution in [3.05, 3.63) is 22.4 Å². The van der Waals surface area contributed by atoms with Crippen molar-refractivity contribution in [3.8, 4) is 0 Å². The van der Waals surface area contributed by atoms with Crippen LogP contribution in [0.25, 0.3) is 0 Å². The third kappa shape index (κ3) is 6.33. The van der Waals surface area contributed by atoms with E-state index in [1.54, 1.807) is 17.9 Å². The number of carbonyl (C=O) groups is 4. The summed E-state index contributed by atoms with van der Waals surface area (Å²) in [6, 6.07) is 2.93. The summed E-state index contributed by atoms with van der Waals surface area (Å²) in [5.41, 5.74) is 0. The van der Waals surface area contributed by atoms with E-state index in [2.05, 4.69) is 10.6 Å². The lowest BCUT2D eigenvalue weighted by molar-refractivity contribution is -0.154. The van der Waals surface area contributed by atoms with E-state index in [-0.39, 0.29) is 17.7 Å². The standard InChI is InChI=1S/C19H27N3O5S/c1-3-8-20-17(24)13(2)21-16(23)12-27-19(26)14-6-9-22(10-7-14)18(25)15-5-4-11-28-15/h4-5,11,13-14H,3,6-10,12H2,1-2H3,(H,20,24)(H,21,23)/t13-/m1/s1. The number of likely N-dealkylation sites (tertiary alicyclic amines) is 1. The first-order valence-electron chi connectivity index (χ1n) is 9.48. The summed E-state index contributed by atoms with van der Waals surface area (Å²) in [6.07, 6.45) is 1.82. The highest BCUT2D eigenvalue weighted by Gasteiger charge is 2.29. The van der Waals surface area contributed by atoms with Crippen molar-refractivity contribution < 1.29 is 23.9 Å². The van der Waals surface area contributed by atoms with Gasteiger partial charge in [0.05, 0.1) is 10.8 Å². The number of rotatable bonds is 8. The lowest BCUT2D eigenvalue weighted by Gasteiger charge is -2.30. The fourth-order valence-corrected chi connectivity index (χ4v) is 3.57. The number of hydrogen-bond donors (Lipinski definition) is 2. The minimum Gasteiger partial charge on any atom is -0.455 e. The summed E-state index contributed by atoms with van der Waals surface area (Å²) >= 11 is 1.40. The maximum Gasteiger partial charge on any atom is 0.309 e. The van der Waals surface area contributed by atoms with E-state index in [1.165, 1.54) is 11.3 Å². The van der Waals surface area contributed by atoms with Gasteiger partial charge in [0, 0.05) is 19.6 Å². The Kier molecular flexibility index (Phi) is 8.43. The average Bonchev–Trinajstić information content (AvgIpc) is 3.24. The number of amides is 3. The molecule has 1 aromatic heterocycles. The smallest absolute Gasteiger partial charge is 0.309 e. The summed E-state index contributed by atoms with van der Waals surface area (Å²) < 4.78 is 5.09. The molecule has 9 heteroatoms. The van der Waals surface area contributed by atoms with Crippen LogP contribution in [-0.4, -0.2) is 60.9 Å². The first-order chi connectivity index (χ1) is 13.4. The molecule has 8 nitrogen and oxygen atoms in total. The van der Waals surface area contributed by atoms with Gasteiger partial charge in [-0.1, -0.05) is 13.0 Å². The number of nitrogens with zero attached hydrogens (tertiary/aromatic N) is 1. The molecule has 1 aromatic rings. The van der Waals surface area contributed by atoms with E-state index in [0.29, 0.717) is 37.4 Å². The Hall–Kier alpha value is -2.42. The molecule has 1 saturated heterocycles. The van der Waals surface area contributed by atoms with E-state index in [1.807, 2.05) is 18.4 Å². The molecule has 3 amide bonds. The lowest BCUT2D eigenvalue weighted by Crippen LogP contribution is -2.46. The highest BCUT2D eigenvalue weighted by atomic mass is 32.1. The fourth-order valence-electron chi connectivity index (χ4n) is 2.88. The number of esters is 1. The summed E-state index contributed by atoms with van der Waals surface area (Å²) in [5.74, 6) is -1.58. The molecule has 0 aromatic carbocycles. The molecule has 1 aliphatic rings. The molecule has 0 bridgehead atoms. The Morgan fingerprint density at radius 2 is 2.00 bits per heavy atom. The number of hydrogen-bond acceptors (Lipinski definition) is 6. The van der Waals surface area contributed by atoms with Crippen molar-refractivity contribution in [2.45, 2.75) is 39.2 Å². The largest absolute Gasteiger partial charge is 0.455 e. The summed E-state index contributed by atoms with van der Waals surface area (Å²) in [7, 11) is 0. The maximum absolute atomic E-state index is 12.3. The number of piperidine rings is 1. The van der Waals surface area contributed by atoms with Crippen LogP contribution >= 0.6 is 11.3 Å². The molecular weight excluding hydrogens is 382 g/mol. The fraction of sp³-hybridized carbons (Fsp3) is 0.579. The maximum atomic E-state index is 12.3. The molecule has 1 fully saturated rings. The number of carbonyl (C=O) groups excluding carboxylic acids is 4. The minimum atomic E-state index is -0.691. The van der Waals surface area contributed by atoms with Crippen LogP contribution in [0.15, 0.2) is 17.5 Å². The molecule has 0 saturated carbocycles. The quantitative estimate of drug-likeness (QED) is 0.627. The average molecular weight is 410 g/mol. The molecule has 154 valence electrons. The third-order valence-corrected chi connectivity index (χ3v) is 5.37. The van der Waals surface area contributed by atoms with Gasteiger partial charge < -0.3 is 20.3 Å². The zero-order valence-corrected chi connectivity index (χ0v) is 17.0. The van der Waals surface area contributed by atoms with Crippen LogP contribution in [0.1, 0.15) is 42.8 Å². The Bertz CT molecular complexity index is 684. The van der Waals surface area contributed by atoms with Gasteiger partial charge in [0.2, 0.25) is 5.91 Å². The van der Waals surface area contributed by atoms with E-state index in [0.717, 1.165) is 6.42 Å². The predicted octanol–water partition coefficient (Wildman–Crippen LogP) is 1.17. The normalized spacial score (nSPS) is 15.6. The first-order valence-corrected chi connectivity index (χ1v) is 10.4. The molecule has 28 heavy (non-hydrogen) atoms. The minimum absolute atomic E-state index is 0.0171. The Balaban J connectivity index is 1.69. The SMILES string of the molecule is CCCNC(=O)[C@@H](C)NC(=O)COC(=O)C1CCN(C(=O)c2cccs2)CC1. The molecule has 2 heterocycles. The van der Waals surface area contributed by atoms with Crippen LogP contribution < -0.4 is 10.6 Å². The van der Waals surface area contributed by atoms with Crippen LogP contribution in [0.4, 0.5) is 0 Å². The number of nitrogens with one attached hydrogen (secondary N) is 2. The van der Waals surface area contributed by atoms with Crippen molar-refractivity contribution >= 4 is 35.0 Å². The van der Waals surface area contributed by atoms with Crippen LogP contribution in [0.5, 0.6) is 0 Å². The van der Waals surface area contributed by atoms with Gasteiger partial charge in [0.15, 0.2) is 6.61 Å². The van der Waals surface area contributed by atoms with Gasteiger partial charge in [-0.05, 0) is 37.6 Å². The Morgan fingerprint density at radius 1 is 1.29 bits per heavy atom. The summed E-state index contributed by atoms with van der Waals surface area (Å²) in [4.78, 5) is 50.5. The second-order valence-corrected chi connectivity index (χ2v) is 7.68. The highest BCUT2D eigenvalue weighted by Crippen LogP contribution is 2.21. The third-order valence-electron chi connectivity index (χ3n) is 4.51. The van der Waals surface area contributed by atoms with Crippen LogP contribution in [0.3, 0.4) is 0 Å². The van der Waals surface area contributed by atoms with Crippen molar-refractivity contribution in [2.24, 2.45) is 5.92 Å². The number of thiophene rings is 1. The number of ether oxygens (including phenoxy) is 1. The zero-order chi connectivity index (χ0) is 20.5. The van der Waals surface area contributed by atoms with E-state index < -0.39 is 24.5 Å². The van der Waals surface area contributed by atoms with Gasteiger partial charge in [-0.25, -0.2) is 0 Å². The Labute approximate surface area is 168 Å². The van der Waals surface area contributed by atoms with Gasteiger partial charge >= 0.3 is 5.97 Å². The van der Waals surface area contributed by atoms with E-state index in [9.17, 15) is 19.2 Å². The first kappa shape index (κ1) is 21.9. The van der Waals surface area contributed by atoms with Crippen LogP contribution in [0.2, 0.25) is 0 Å². The molecule has 1 aliphatic heterocycles. The molecular formula is C19H27N3O5S. The van der Waals surface area contributed by atoms with Gasteiger partial charge in [0.25, 0.3) is 11.8 Å². The van der Waals surface area contributed by atoms with Crippen molar-refractivity contribution in [3.63, 3.8) is 0 Å². The monoisotopic (exact) mass is 409 g/mol. The second-order valence-electron chi connectivity index (χ2n) is 6.73. The molecule has 1 atom stereocenters. The van der Waals surface area contributed by atoms with Crippen LogP contribution in [0, 0.1) is 5.92 Å². The van der Waals surface area contributed by atoms with E-state index >= 15 is 0 Å². The highest BCUT2D eigenvalue weighted by molar-refractivity contribution is 7.12. The summed E-state index contributed by atoms with van der Waals surface area (Å²) in [5, 5.41) is 7.05. The van der Waals surface area contributed by atoms with Gasteiger partial charge in [0.1, 0.15) is 6.04 Å². The molecule has 0 radical (unpaired) electrons. The second kappa shape index (κ2) is 10.8. The topological polar surface area (TPSA) is 105 Å². The zero-order valence-electron chi connectivity index (χ0n) is 16.2. The Morgan fingerprint density at radius 3 is 2.61 bits per heavy atom. The lowest BCUT2D eigenvalue weighted by atomic mass is 9.97. The molecule has 0 spiro atoms. The van der Waals surface area contributed by atoms with Crippen LogP contribution in [-0.2, 0) is 19.1 Å². The molecule has 2 rings (SSSR count).